The molecule has 0 amide bonds. The van der Waals surface area contributed by atoms with Crippen LogP contribution in [0.4, 0.5) is 5.82 Å². The number of nitrogens with zero attached hydrogens (tertiary/aromatic N) is 3. The van der Waals surface area contributed by atoms with Crippen LogP contribution in [0.15, 0.2) is 24.3 Å². The third kappa shape index (κ3) is 2.36. The van der Waals surface area contributed by atoms with Gasteiger partial charge in [0.05, 0.1) is 24.3 Å². The topological polar surface area (TPSA) is 38.2 Å². The number of ether oxygens (including phenoxy) is 1. The average Bonchev–Trinajstić information content (AvgIpc) is 2.53. The Hall–Kier alpha value is -1.39. The van der Waals surface area contributed by atoms with Crippen LogP contribution in [-0.2, 0) is 4.74 Å². The van der Waals surface area contributed by atoms with Gasteiger partial charge in [0.1, 0.15) is 5.82 Å². The van der Waals surface area contributed by atoms with Crippen molar-refractivity contribution in [1.29, 1.82) is 0 Å². The van der Waals surface area contributed by atoms with Crippen LogP contribution in [0.5, 0.6) is 0 Å². The fraction of sp³-hybridized carbons (Fsp3) is 0.500. The molecule has 0 radical (unpaired) electrons. The standard InChI is InChI=1S/C16H18ClN3O/c17-16-18-12-6-2-1-5-11(12)15(19-16)20-9-10-21-14-8-4-3-7-13(14)20/h1-2,5-6,13-14H,3-4,7-10H2. The van der Waals surface area contributed by atoms with Gasteiger partial charge in [0, 0.05) is 11.9 Å². The molecular weight excluding hydrogens is 286 g/mol. The van der Waals surface area contributed by atoms with Crippen molar-refractivity contribution in [2.45, 2.75) is 37.8 Å². The van der Waals surface area contributed by atoms with E-state index < -0.39 is 0 Å². The number of morpholine rings is 1. The maximum Gasteiger partial charge on any atom is 0.224 e. The summed E-state index contributed by atoms with van der Waals surface area (Å²) in [6.45, 7) is 1.63. The first-order valence-electron chi connectivity index (χ1n) is 7.63. The molecule has 1 aromatic carbocycles. The molecule has 1 saturated carbocycles. The van der Waals surface area contributed by atoms with Crippen molar-refractivity contribution in [1.82, 2.24) is 9.97 Å². The number of rotatable bonds is 1. The lowest BCUT2D eigenvalue weighted by molar-refractivity contribution is -0.00887. The van der Waals surface area contributed by atoms with Crippen molar-refractivity contribution in [3.05, 3.63) is 29.5 Å². The monoisotopic (exact) mass is 303 g/mol. The molecule has 1 saturated heterocycles. The number of hydrogen-bond donors (Lipinski definition) is 0. The third-order valence-electron chi connectivity index (χ3n) is 4.56. The molecule has 1 aliphatic heterocycles. The summed E-state index contributed by atoms with van der Waals surface area (Å²) < 4.78 is 5.96. The number of halogens is 1. The molecule has 2 unspecified atom stereocenters. The Labute approximate surface area is 129 Å². The van der Waals surface area contributed by atoms with E-state index in [1.165, 1.54) is 19.3 Å². The van der Waals surface area contributed by atoms with Gasteiger partial charge in [0.15, 0.2) is 0 Å². The Morgan fingerprint density at radius 1 is 1.14 bits per heavy atom. The molecule has 4 nitrogen and oxygen atoms in total. The van der Waals surface area contributed by atoms with E-state index in [-0.39, 0.29) is 0 Å². The van der Waals surface area contributed by atoms with Crippen molar-refractivity contribution in [2.24, 2.45) is 0 Å². The summed E-state index contributed by atoms with van der Waals surface area (Å²) in [5.74, 6) is 0.964. The normalized spacial score (nSPS) is 25.9. The maximum absolute atomic E-state index is 6.14. The molecule has 4 rings (SSSR count). The van der Waals surface area contributed by atoms with Crippen molar-refractivity contribution < 1.29 is 4.74 Å². The second-order valence-electron chi connectivity index (χ2n) is 5.79. The van der Waals surface area contributed by atoms with Gasteiger partial charge < -0.3 is 9.64 Å². The highest BCUT2D eigenvalue weighted by Gasteiger charge is 2.35. The fourth-order valence-electron chi connectivity index (χ4n) is 3.61. The summed E-state index contributed by atoms with van der Waals surface area (Å²) in [5.41, 5.74) is 0.909. The van der Waals surface area contributed by atoms with Crippen molar-refractivity contribution in [2.75, 3.05) is 18.1 Å². The number of para-hydroxylation sites is 1. The van der Waals surface area contributed by atoms with E-state index in [9.17, 15) is 0 Å². The highest BCUT2D eigenvalue weighted by Crippen LogP contribution is 2.34. The van der Waals surface area contributed by atoms with Gasteiger partial charge in [0.2, 0.25) is 5.28 Å². The molecule has 0 N–H and O–H groups in total. The Morgan fingerprint density at radius 2 is 2.00 bits per heavy atom. The Balaban J connectivity index is 1.81. The number of anilines is 1. The minimum Gasteiger partial charge on any atom is -0.374 e. The minimum atomic E-state index is 0.322. The molecule has 5 heteroatoms. The van der Waals surface area contributed by atoms with Crippen LogP contribution in [-0.4, -0.2) is 35.3 Å². The molecule has 2 heterocycles. The van der Waals surface area contributed by atoms with Crippen LogP contribution in [0.2, 0.25) is 5.28 Å². The molecule has 1 aliphatic carbocycles. The van der Waals surface area contributed by atoms with Gasteiger partial charge in [-0.15, -0.1) is 0 Å². The fourth-order valence-corrected chi connectivity index (χ4v) is 3.78. The number of hydrogen-bond acceptors (Lipinski definition) is 4. The Kier molecular flexibility index (Phi) is 3.43. The molecule has 1 aromatic heterocycles. The van der Waals surface area contributed by atoms with E-state index in [1.807, 2.05) is 18.2 Å². The molecule has 2 fully saturated rings. The highest BCUT2D eigenvalue weighted by atomic mass is 35.5. The maximum atomic E-state index is 6.14. The van der Waals surface area contributed by atoms with E-state index in [1.54, 1.807) is 0 Å². The van der Waals surface area contributed by atoms with Gasteiger partial charge in [-0.1, -0.05) is 25.0 Å². The van der Waals surface area contributed by atoms with Crippen LogP contribution in [0, 0.1) is 0 Å². The number of benzene rings is 1. The first-order chi connectivity index (χ1) is 10.3. The quantitative estimate of drug-likeness (QED) is 0.757. The van der Waals surface area contributed by atoms with Crippen LogP contribution in [0.1, 0.15) is 25.7 Å². The van der Waals surface area contributed by atoms with Gasteiger partial charge in [-0.2, -0.15) is 4.98 Å². The largest absolute Gasteiger partial charge is 0.374 e. The van der Waals surface area contributed by atoms with Crippen LogP contribution in [0.3, 0.4) is 0 Å². The SMILES string of the molecule is Clc1nc(N2CCOC3CCCCC32)c2ccccc2n1. The number of aromatic nitrogens is 2. The zero-order valence-electron chi connectivity index (χ0n) is 11.8. The Bertz CT molecular complexity index is 661. The molecule has 2 aromatic rings. The highest BCUT2D eigenvalue weighted by molar-refractivity contribution is 6.28. The molecule has 21 heavy (non-hydrogen) atoms. The van der Waals surface area contributed by atoms with E-state index in [2.05, 4.69) is 20.9 Å². The molecule has 0 bridgehead atoms. The predicted octanol–water partition coefficient (Wildman–Crippen LogP) is 3.43. The van der Waals surface area contributed by atoms with E-state index in [0.717, 1.165) is 36.3 Å². The lowest BCUT2D eigenvalue weighted by Crippen LogP contribution is -2.53. The van der Waals surface area contributed by atoms with Crippen molar-refractivity contribution in [3.8, 4) is 0 Å². The van der Waals surface area contributed by atoms with Gasteiger partial charge >= 0.3 is 0 Å². The lowest BCUT2D eigenvalue weighted by atomic mass is 9.90. The summed E-state index contributed by atoms with van der Waals surface area (Å²) >= 11 is 6.14. The van der Waals surface area contributed by atoms with Crippen LogP contribution in [0.25, 0.3) is 10.9 Å². The first-order valence-corrected chi connectivity index (χ1v) is 8.01. The minimum absolute atomic E-state index is 0.322. The van der Waals surface area contributed by atoms with Gasteiger partial charge in [-0.25, -0.2) is 4.98 Å². The van der Waals surface area contributed by atoms with Gasteiger partial charge in [0.25, 0.3) is 0 Å². The molecular formula is C16H18ClN3O. The zero-order valence-corrected chi connectivity index (χ0v) is 12.6. The Morgan fingerprint density at radius 3 is 2.95 bits per heavy atom. The van der Waals surface area contributed by atoms with Gasteiger partial charge in [-0.05, 0) is 36.6 Å². The second kappa shape index (κ2) is 5.43. The van der Waals surface area contributed by atoms with E-state index in [0.29, 0.717) is 17.4 Å². The zero-order chi connectivity index (χ0) is 14.2. The molecule has 110 valence electrons. The smallest absolute Gasteiger partial charge is 0.224 e. The van der Waals surface area contributed by atoms with Crippen LogP contribution < -0.4 is 4.90 Å². The van der Waals surface area contributed by atoms with Crippen molar-refractivity contribution in [3.63, 3.8) is 0 Å². The second-order valence-corrected chi connectivity index (χ2v) is 6.13. The summed E-state index contributed by atoms with van der Waals surface area (Å²) in [6.07, 6.45) is 5.18. The third-order valence-corrected chi connectivity index (χ3v) is 4.73. The van der Waals surface area contributed by atoms with E-state index in [4.69, 9.17) is 16.3 Å². The van der Waals surface area contributed by atoms with Gasteiger partial charge in [-0.3, -0.25) is 0 Å². The predicted molar refractivity (Wildman–Crippen MR) is 83.9 cm³/mol. The summed E-state index contributed by atoms with van der Waals surface area (Å²) in [6, 6.07) is 8.50. The van der Waals surface area contributed by atoms with Crippen LogP contribution >= 0.6 is 11.6 Å². The lowest BCUT2D eigenvalue weighted by Gasteiger charge is -2.44. The first kappa shape index (κ1) is 13.3. The summed E-state index contributed by atoms with van der Waals surface area (Å²) in [4.78, 5) is 11.3. The molecule has 2 atom stereocenters. The summed E-state index contributed by atoms with van der Waals surface area (Å²) in [7, 11) is 0. The summed E-state index contributed by atoms with van der Waals surface area (Å²) in [5, 5.41) is 1.40. The van der Waals surface area contributed by atoms with Crippen molar-refractivity contribution >= 4 is 28.3 Å². The molecule has 2 aliphatic rings. The van der Waals surface area contributed by atoms with E-state index >= 15 is 0 Å². The number of fused-ring (bicyclic) bond motifs is 2. The molecule has 0 spiro atoms. The average molecular weight is 304 g/mol.